The first-order valence-corrected chi connectivity index (χ1v) is 14.0. The van der Waals surface area contributed by atoms with Gasteiger partial charge in [0.15, 0.2) is 5.79 Å². The summed E-state index contributed by atoms with van der Waals surface area (Å²) in [7, 11) is 1.79. The predicted octanol–water partition coefficient (Wildman–Crippen LogP) is 6.05. The molecule has 7 heteroatoms. The van der Waals surface area contributed by atoms with E-state index >= 15 is 0 Å². The Morgan fingerprint density at radius 3 is 2.40 bits per heavy atom. The molecule has 2 aromatic carbocycles. The number of halogens is 1. The van der Waals surface area contributed by atoms with Crippen molar-refractivity contribution in [3.05, 3.63) is 64.7 Å². The van der Waals surface area contributed by atoms with Crippen LogP contribution in [-0.4, -0.2) is 54.3 Å². The van der Waals surface area contributed by atoms with Gasteiger partial charge < -0.3 is 19.5 Å². The van der Waals surface area contributed by atoms with E-state index in [1.165, 1.54) is 0 Å². The molecule has 4 rings (SSSR count). The van der Waals surface area contributed by atoms with Gasteiger partial charge in [-0.2, -0.15) is 0 Å². The van der Waals surface area contributed by atoms with Crippen LogP contribution in [0.1, 0.15) is 62.2 Å². The Morgan fingerprint density at radius 2 is 1.80 bits per heavy atom. The summed E-state index contributed by atoms with van der Waals surface area (Å²) in [5.74, 6) is -0.341. The highest BCUT2D eigenvalue weighted by Gasteiger charge is 2.41. The normalized spacial score (nSPS) is 20.5. The van der Waals surface area contributed by atoms with Gasteiger partial charge in [-0.15, -0.1) is 11.8 Å². The van der Waals surface area contributed by atoms with Gasteiger partial charge in [0.1, 0.15) is 0 Å². The third-order valence-electron chi connectivity index (χ3n) is 7.68. The summed E-state index contributed by atoms with van der Waals surface area (Å²) in [6.45, 7) is 3.23. The molecule has 35 heavy (non-hydrogen) atoms. The fourth-order valence-electron chi connectivity index (χ4n) is 5.34. The first-order chi connectivity index (χ1) is 16.8. The van der Waals surface area contributed by atoms with Crippen LogP contribution >= 0.6 is 23.4 Å². The second kappa shape index (κ2) is 11.7. The number of hydrogen-bond acceptors (Lipinski definition) is 5. The summed E-state index contributed by atoms with van der Waals surface area (Å²) in [5, 5.41) is 11.6. The summed E-state index contributed by atoms with van der Waals surface area (Å²) in [5.41, 5.74) is 1.73. The summed E-state index contributed by atoms with van der Waals surface area (Å²) < 4.78 is 11.8. The minimum atomic E-state index is -0.764. The molecule has 0 radical (unpaired) electrons. The Kier molecular flexibility index (Phi) is 8.82. The van der Waals surface area contributed by atoms with Crippen LogP contribution in [0.15, 0.2) is 53.4 Å². The van der Waals surface area contributed by atoms with Crippen molar-refractivity contribution in [2.75, 3.05) is 26.5 Å². The van der Waals surface area contributed by atoms with Crippen molar-refractivity contribution in [2.45, 2.75) is 67.8 Å². The van der Waals surface area contributed by atoms with Crippen LogP contribution in [0.5, 0.6) is 0 Å². The molecule has 1 aliphatic carbocycles. The monoisotopic (exact) mass is 517 g/mol. The van der Waals surface area contributed by atoms with Gasteiger partial charge in [0.25, 0.3) is 0 Å². The summed E-state index contributed by atoms with van der Waals surface area (Å²) in [6, 6.07) is 15.1. The van der Waals surface area contributed by atoms with Crippen molar-refractivity contribution in [1.29, 1.82) is 0 Å². The lowest BCUT2D eigenvalue weighted by atomic mass is 9.78. The highest BCUT2D eigenvalue weighted by atomic mass is 35.5. The number of ether oxygens (including phenoxy) is 2. The number of likely N-dealkylation sites (N-methyl/N-ethyl adjacent to an activating group) is 1. The van der Waals surface area contributed by atoms with Crippen molar-refractivity contribution in [3.63, 3.8) is 0 Å². The van der Waals surface area contributed by atoms with Gasteiger partial charge in [-0.25, -0.2) is 0 Å². The van der Waals surface area contributed by atoms with Crippen molar-refractivity contribution in [3.8, 4) is 0 Å². The van der Waals surface area contributed by atoms with E-state index in [4.69, 9.17) is 21.1 Å². The van der Waals surface area contributed by atoms with Gasteiger partial charge in [-0.3, -0.25) is 4.79 Å². The maximum Gasteiger partial charge on any atom is 0.230 e. The molecule has 1 saturated carbocycles. The molecular weight excluding hydrogens is 482 g/mol. The van der Waals surface area contributed by atoms with Gasteiger partial charge in [0.2, 0.25) is 5.91 Å². The van der Waals surface area contributed by atoms with E-state index in [1.54, 1.807) is 23.7 Å². The fraction of sp³-hybridized carbons (Fsp3) is 0.536. The number of hydrogen-bond donors (Lipinski definition) is 1. The van der Waals surface area contributed by atoms with E-state index in [9.17, 15) is 9.90 Å². The van der Waals surface area contributed by atoms with E-state index in [2.05, 4.69) is 0 Å². The zero-order chi connectivity index (χ0) is 25.0. The topological polar surface area (TPSA) is 59.0 Å². The van der Waals surface area contributed by atoms with Crippen LogP contribution in [0, 0.1) is 5.92 Å². The number of thioether (sulfide) groups is 1. The highest BCUT2D eigenvalue weighted by Crippen LogP contribution is 2.42. The zero-order valence-corrected chi connectivity index (χ0v) is 22.4. The molecule has 1 amide bonds. The third-order valence-corrected chi connectivity index (χ3v) is 8.90. The quantitative estimate of drug-likeness (QED) is 0.432. The van der Waals surface area contributed by atoms with Crippen LogP contribution in [0.4, 0.5) is 0 Å². The second-order valence-corrected chi connectivity index (χ2v) is 11.0. The lowest BCUT2D eigenvalue weighted by molar-refractivity contribution is -0.183. The van der Waals surface area contributed by atoms with Crippen molar-refractivity contribution in [2.24, 2.45) is 5.92 Å². The standard InChI is InChI=1S/C28H36ClNO4S/c1-19(26(31)21-7-5-4-6-8-21)30(2)27(32)23(22-9-10-25(35-3)24(29)18-22)17-20-11-13-28(14-12-20)33-15-16-34-28/h4-10,18-20,23,26,31H,11-17H2,1-3H3/t19-,23-,26+/m1/s1. The molecule has 190 valence electrons. The number of rotatable bonds is 8. The average molecular weight is 518 g/mol. The molecule has 1 N–H and O–H groups in total. The molecule has 1 heterocycles. The average Bonchev–Trinajstić information content (AvgIpc) is 3.35. The molecule has 1 spiro atoms. The molecule has 5 nitrogen and oxygen atoms in total. The Balaban J connectivity index is 1.53. The Hall–Kier alpha value is -1.57. The molecule has 1 saturated heterocycles. The fourth-order valence-corrected chi connectivity index (χ4v) is 6.22. The predicted molar refractivity (Wildman–Crippen MR) is 141 cm³/mol. The van der Waals surface area contributed by atoms with Crippen LogP contribution in [0.3, 0.4) is 0 Å². The molecule has 2 fully saturated rings. The molecule has 2 aliphatic rings. The summed E-state index contributed by atoms with van der Waals surface area (Å²) in [6.07, 6.45) is 5.63. The van der Waals surface area contributed by atoms with E-state index in [1.807, 2.05) is 61.7 Å². The minimum Gasteiger partial charge on any atom is -0.386 e. The largest absolute Gasteiger partial charge is 0.386 e. The van der Waals surface area contributed by atoms with Crippen LogP contribution < -0.4 is 0 Å². The number of aliphatic hydroxyl groups is 1. The second-order valence-electron chi connectivity index (χ2n) is 9.78. The zero-order valence-electron chi connectivity index (χ0n) is 20.8. The van der Waals surface area contributed by atoms with Crippen molar-refractivity contribution >= 4 is 29.3 Å². The van der Waals surface area contributed by atoms with Gasteiger partial charge in [0.05, 0.1) is 36.3 Å². The third kappa shape index (κ3) is 6.05. The van der Waals surface area contributed by atoms with Crippen LogP contribution in [0.2, 0.25) is 5.02 Å². The van der Waals surface area contributed by atoms with Crippen LogP contribution in [0.25, 0.3) is 0 Å². The van der Waals surface area contributed by atoms with Crippen molar-refractivity contribution < 1.29 is 19.4 Å². The number of benzene rings is 2. The smallest absolute Gasteiger partial charge is 0.230 e. The number of aliphatic hydroxyl groups excluding tert-OH is 1. The molecule has 0 bridgehead atoms. The number of carbonyl (C=O) groups is 1. The molecule has 2 aromatic rings. The molecule has 0 unspecified atom stereocenters. The molecular formula is C28H36ClNO4S. The van der Waals surface area contributed by atoms with E-state index in [0.717, 1.165) is 48.1 Å². The highest BCUT2D eigenvalue weighted by molar-refractivity contribution is 7.98. The SMILES string of the molecule is CSc1ccc([C@@H](CC2CCC3(CC2)OCCO3)C(=O)N(C)[C@H](C)[C@H](O)c2ccccc2)cc1Cl. The minimum absolute atomic E-state index is 0.00843. The lowest BCUT2D eigenvalue weighted by Crippen LogP contribution is -2.42. The summed E-state index contributed by atoms with van der Waals surface area (Å²) in [4.78, 5) is 16.6. The number of amides is 1. The maximum atomic E-state index is 13.9. The first-order valence-electron chi connectivity index (χ1n) is 12.4. The van der Waals surface area contributed by atoms with E-state index in [-0.39, 0.29) is 17.9 Å². The summed E-state index contributed by atoms with van der Waals surface area (Å²) >= 11 is 8.15. The number of nitrogens with zero attached hydrogens (tertiary/aromatic N) is 1. The van der Waals surface area contributed by atoms with E-state index in [0.29, 0.717) is 24.2 Å². The Labute approximate surface area is 218 Å². The molecule has 1 aliphatic heterocycles. The molecule has 0 aromatic heterocycles. The Morgan fingerprint density at radius 1 is 1.14 bits per heavy atom. The Bertz CT molecular complexity index is 988. The lowest BCUT2D eigenvalue weighted by Gasteiger charge is -2.37. The number of carbonyl (C=O) groups excluding carboxylic acids is 1. The van der Waals surface area contributed by atoms with Crippen molar-refractivity contribution in [1.82, 2.24) is 4.90 Å². The molecule has 3 atom stereocenters. The van der Waals surface area contributed by atoms with Gasteiger partial charge >= 0.3 is 0 Å². The van der Waals surface area contributed by atoms with Gasteiger partial charge in [0, 0.05) is 24.8 Å². The maximum absolute atomic E-state index is 13.9. The first kappa shape index (κ1) is 26.5. The van der Waals surface area contributed by atoms with Gasteiger partial charge in [-0.05, 0) is 61.6 Å². The van der Waals surface area contributed by atoms with Crippen LogP contribution in [-0.2, 0) is 14.3 Å². The van der Waals surface area contributed by atoms with Gasteiger partial charge in [-0.1, -0.05) is 48.0 Å². The van der Waals surface area contributed by atoms with E-state index < -0.39 is 11.9 Å².